The third-order valence-electron chi connectivity index (χ3n) is 4.87. The minimum atomic E-state index is 0.0342. The number of methoxy groups -OCH3 is 1. The Hall–Kier alpha value is -1.40. The zero-order valence-corrected chi connectivity index (χ0v) is 12.8. The van der Waals surface area contributed by atoms with E-state index in [-0.39, 0.29) is 24.0 Å². The quantitative estimate of drug-likeness (QED) is 0.866. The van der Waals surface area contributed by atoms with Crippen LogP contribution in [0.2, 0.25) is 0 Å². The second-order valence-corrected chi connectivity index (χ2v) is 6.04. The van der Waals surface area contributed by atoms with Crippen molar-refractivity contribution >= 4 is 5.91 Å². The molecule has 21 heavy (non-hydrogen) atoms. The monoisotopic (exact) mass is 293 g/mol. The average molecular weight is 293 g/mol. The van der Waals surface area contributed by atoms with Gasteiger partial charge in [0, 0.05) is 37.3 Å². The summed E-state index contributed by atoms with van der Waals surface area (Å²) in [5.74, 6) is 0.753. The summed E-state index contributed by atoms with van der Waals surface area (Å²) in [4.78, 5) is 16.5. The molecule has 2 fully saturated rings. The minimum absolute atomic E-state index is 0.0342. The van der Waals surface area contributed by atoms with Crippen molar-refractivity contribution in [3.05, 3.63) is 17.7 Å². The smallest absolute Gasteiger partial charge is 0.240 e. The number of imidazole rings is 1. The first kappa shape index (κ1) is 14.5. The molecule has 0 spiro atoms. The Morgan fingerprint density at radius 3 is 3.05 bits per heavy atom. The van der Waals surface area contributed by atoms with Gasteiger partial charge in [-0.15, -0.1) is 0 Å². The van der Waals surface area contributed by atoms with Gasteiger partial charge in [0.15, 0.2) is 0 Å². The molecule has 1 saturated heterocycles. The van der Waals surface area contributed by atoms with Gasteiger partial charge in [0.2, 0.25) is 5.91 Å². The van der Waals surface area contributed by atoms with Crippen LogP contribution in [0.25, 0.3) is 0 Å². The minimum Gasteiger partial charge on any atom is -0.384 e. The Bertz CT molecular complexity index is 528. The van der Waals surface area contributed by atoms with Crippen LogP contribution in [0.5, 0.6) is 0 Å². The highest BCUT2D eigenvalue weighted by molar-refractivity contribution is 5.76. The summed E-state index contributed by atoms with van der Waals surface area (Å²) in [6, 6.07) is 0.176. The predicted octanol–water partition coefficient (Wildman–Crippen LogP) is 0.666. The standard InChI is InChI=1S/C15H23N3O3/c1-9-10(2)18(8-16-9)6-13(19)17-14-11-4-5-21-15(11)12(14)7-20-3/h8,11-12,14-15H,4-7H2,1-3H3,(H,17,19)/t11-,12+,14+,15-/m0/s1. The molecule has 1 amide bonds. The van der Waals surface area contributed by atoms with E-state index < -0.39 is 0 Å². The van der Waals surface area contributed by atoms with Crippen LogP contribution in [-0.2, 0) is 20.8 Å². The number of aromatic nitrogens is 2. The van der Waals surface area contributed by atoms with Crippen molar-refractivity contribution in [1.82, 2.24) is 14.9 Å². The maximum Gasteiger partial charge on any atom is 0.240 e. The van der Waals surface area contributed by atoms with E-state index >= 15 is 0 Å². The van der Waals surface area contributed by atoms with Crippen LogP contribution in [-0.4, -0.2) is 47.9 Å². The Morgan fingerprint density at radius 1 is 1.57 bits per heavy atom. The van der Waals surface area contributed by atoms with Gasteiger partial charge in [0.25, 0.3) is 0 Å². The van der Waals surface area contributed by atoms with Gasteiger partial charge in [-0.25, -0.2) is 4.98 Å². The van der Waals surface area contributed by atoms with Gasteiger partial charge in [-0.3, -0.25) is 4.79 Å². The molecule has 116 valence electrons. The number of carbonyl (C=O) groups excluding carboxylic acids is 1. The summed E-state index contributed by atoms with van der Waals surface area (Å²) in [7, 11) is 1.69. The maximum absolute atomic E-state index is 12.3. The Balaban J connectivity index is 1.60. The van der Waals surface area contributed by atoms with E-state index in [0.29, 0.717) is 19.1 Å². The van der Waals surface area contributed by atoms with Crippen LogP contribution in [0.3, 0.4) is 0 Å². The highest BCUT2D eigenvalue weighted by atomic mass is 16.5. The molecule has 1 aromatic rings. The van der Waals surface area contributed by atoms with Crippen molar-refractivity contribution in [2.24, 2.45) is 11.8 Å². The highest BCUT2D eigenvalue weighted by Gasteiger charge is 2.54. The maximum atomic E-state index is 12.3. The zero-order valence-electron chi connectivity index (χ0n) is 12.8. The fourth-order valence-electron chi connectivity index (χ4n) is 3.52. The van der Waals surface area contributed by atoms with Crippen molar-refractivity contribution < 1.29 is 14.3 Å². The summed E-state index contributed by atoms with van der Waals surface area (Å²) in [5, 5.41) is 3.16. The fourth-order valence-corrected chi connectivity index (χ4v) is 3.52. The second-order valence-electron chi connectivity index (χ2n) is 6.04. The molecule has 1 N–H and O–H groups in total. The third kappa shape index (κ3) is 2.58. The number of nitrogens with one attached hydrogen (secondary N) is 1. The van der Waals surface area contributed by atoms with Gasteiger partial charge >= 0.3 is 0 Å². The van der Waals surface area contributed by atoms with E-state index in [0.717, 1.165) is 24.4 Å². The number of fused-ring (bicyclic) bond motifs is 1. The lowest BCUT2D eigenvalue weighted by Crippen LogP contribution is -2.63. The van der Waals surface area contributed by atoms with Crippen LogP contribution in [0.4, 0.5) is 0 Å². The topological polar surface area (TPSA) is 65.4 Å². The van der Waals surface area contributed by atoms with E-state index in [9.17, 15) is 4.79 Å². The van der Waals surface area contributed by atoms with Crippen molar-refractivity contribution in [2.45, 2.75) is 39.0 Å². The van der Waals surface area contributed by atoms with E-state index in [1.165, 1.54) is 0 Å². The van der Waals surface area contributed by atoms with Crippen molar-refractivity contribution in [3.8, 4) is 0 Å². The van der Waals surface area contributed by atoms with Gasteiger partial charge in [0.1, 0.15) is 6.54 Å². The molecule has 6 heteroatoms. The molecular weight excluding hydrogens is 270 g/mol. The SMILES string of the molecule is COC[C@@H]1[C@H](NC(=O)Cn2cnc(C)c2C)[C@@H]2CCO[C@H]12. The number of aryl methyl sites for hydroxylation is 1. The van der Waals surface area contributed by atoms with Crippen LogP contribution >= 0.6 is 0 Å². The summed E-state index contributed by atoms with van der Waals surface area (Å²) in [6.07, 6.45) is 3.01. The van der Waals surface area contributed by atoms with E-state index in [2.05, 4.69) is 10.3 Å². The molecule has 0 aromatic carbocycles. The van der Waals surface area contributed by atoms with Crippen molar-refractivity contribution in [1.29, 1.82) is 0 Å². The molecule has 4 atom stereocenters. The molecule has 1 aliphatic heterocycles. The number of amides is 1. The molecule has 0 radical (unpaired) electrons. The van der Waals surface area contributed by atoms with Gasteiger partial charge < -0.3 is 19.4 Å². The van der Waals surface area contributed by atoms with Crippen LogP contribution in [0, 0.1) is 25.7 Å². The fraction of sp³-hybridized carbons (Fsp3) is 0.733. The summed E-state index contributed by atoms with van der Waals surface area (Å²) in [5.41, 5.74) is 2.00. The van der Waals surface area contributed by atoms with Gasteiger partial charge in [0.05, 0.1) is 24.7 Å². The molecule has 1 saturated carbocycles. The Kier molecular flexibility index (Phi) is 3.99. The zero-order chi connectivity index (χ0) is 15.0. The number of rotatable bonds is 5. The third-order valence-corrected chi connectivity index (χ3v) is 4.87. The molecule has 3 rings (SSSR count). The van der Waals surface area contributed by atoms with Crippen molar-refractivity contribution in [3.63, 3.8) is 0 Å². The highest BCUT2D eigenvalue weighted by Crippen LogP contribution is 2.43. The predicted molar refractivity (Wildman–Crippen MR) is 76.8 cm³/mol. The van der Waals surface area contributed by atoms with E-state index in [1.807, 2.05) is 18.4 Å². The summed E-state index contributed by atoms with van der Waals surface area (Å²) >= 11 is 0. The molecule has 2 aliphatic rings. The summed E-state index contributed by atoms with van der Waals surface area (Å²) in [6.45, 7) is 5.68. The Labute approximate surface area is 124 Å². The molecular formula is C15H23N3O3. The second kappa shape index (κ2) is 5.77. The number of hydrogen-bond donors (Lipinski definition) is 1. The first-order valence-electron chi connectivity index (χ1n) is 7.50. The molecule has 2 heterocycles. The van der Waals surface area contributed by atoms with Gasteiger partial charge in [-0.2, -0.15) is 0 Å². The lowest BCUT2D eigenvalue weighted by atomic mass is 9.67. The van der Waals surface area contributed by atoms with Gasteiger partial charge in [-0.05, 0) is 20.3 Å². The number of hydrogen-bond acceptors (Lipinski definition) is 4. The molecule has 1 aromatic heterocycles. The summed E-state index contributed by atoms with van der Waals surface area (Å²) < 4.78 is 12.9. The first-order valence-corrected chi connectivity index (χ1v) is 7.50. The van der Waals surface area contributed by atoms with Crippen LogP contribution in [0.1, 0.15) is 17.8 Å². The average Bonchev–Trinajstić information content (AvgIpc) is 3.02. The van der Waals surface area contributed by atoms with Gasteiger partial charge in [-0.1, -0.05) is 0 Å². The van der Waals surface area contributed by atoms with Crippen molar-refractivity contribution in [2.75, 3.05) is 20.3 Å². The molecule has 1 aliphatic carbocycles. The molecule has 0 unspecified atom stereocenters. The normalized spacial score (nSPS) is 30.8. The lowest BCUT2D eigenvalue weighted by Gasteiger charge is -2.47. The number of carbonyl (C=O) groups is 1. The van der Waals surface area contributed by atoms with Crippen LogP contribution in [0.15, 0.2) is 6.33 Å². The Morgan fingerprint density at radius 2 is 2.38 bits per heavy atom. The lowest BCUT2D eigenvalue weighted by molar-refractivity contribution is -0.130. The number of nitrogens with zero attached hydrogens (tertiary/aromatic N) is 2. The largest absolute Gasteiger partial charge is 0.384 e. The van der Waals surface area contributed by atoms with E-state index in [1.54, 1.807) is 13.4 Å². The van der Waals surface area contributed by atoms with E-state index in [4.69, 9.17) is 9.47 Å². The molecule has 0 bridgehead atoms. The first-order chi connectivity index (χ1) is 10.1. The molecule has 6 nitrogen and oxygen atoms in total. The van der Waals surface area contributed by atoms with Crippen LogP contribution < -0.4 is 5.32 Å². The number of ether oxygens (including phenoxy) is 2.